The first-order valence-electron chi connectivity index (χ1n) is 0.289. The topological polar surface area (TPSA) is 17.1 Å². The van der Waals surface area contributed by atoms with Crippen molar-refractivity contribution in [3.05, 3.63) is 0 Å². The van der Waals surface area contributed by atoms with Crippen LogP contribution in [-0.4, -0.2) is 10.1 Å². The van der Waals surface area contributed by atoms with Crippen molar-refractivity contribution in [2.24, 2.45) is 0 Å². The average Bonchev–Trinajstić information content (AvgIpc) is 1.00. The minimum absolute atomic E-state index is 0. The normalized spacial score (nSPS) is 1.00. The zero-order valence-electron chi connectivity index (χ0n) is 1.77. The Morgan fingerprint density at radius 1 is 1.25 bits per heavy atom. The molecule has 0 aromatic heterocycles. The van der Waals surface area contributed by atoms with E-state index in [0.717, 1.165) is 0 Å². The molecule has 0 saturated carbocycles. The van der Waals surface area contributed by atoms with Crippen LogP contribution in [0.2, 0.25) is 0 Å². The van der Waals surface area contributed by atoms with Crippen LogP contribution in [0.4, 0.5) is 0 Å². The first kappa shape index (κ1) is 19.7. The molecule has 0 heterocycles. The van der Waals surface area contributed by atoms with Gasteiger partial charge in [-0.1, -0.05) is 0 Å². The van der Waals surface area contributed by atoms with Gasteiger partial charge in [-0.3, -0.25) is 0 Å². The fourth-order valence-corrected chi connectivity index (χ4v) is 0. The van der Waals surface area contributed by atoms with E-state index in [4.69, 9.17) is 4.46 Å². The van der Waals surface area contributed by atoms with Crippen molar-refractivity contribution in [1.29, 1.82) is 0 Å². The van der Waals surface area contributed by atoms with E-state index < -0.39 is 0 Å². The number of hydrogen-bond acceptors (Lipinski definition) is 1. The average molecular weight is 165 g/mol. The van der Waals surface area contributed by atoms with E-state index in [9.17, 15) is 0 Å². The first-order valence-corrected chi connectivity index (χ1v) is 0.866. The number of rotatable bonds is 0. The van der Waals surface area contributed by atoms with E-state index >= 15 is 0 Å². The summed E-state index contributed by atoms with van der Waals surface area (Å²) in [6.07, 6.45) is 0. The van der Waals surface area contributed by atoms with Gasteiger partial charge >= 0.3 is 0 Å². The molecule has 0 aromatic carbocycles. The summed E-state index contributed by atoms with van der Waals surface area (Å²) >= 11 is 0. The molecular formula is H2CuFeOSi. The second-order valence-corrected chi connectivity index (χ2v) is 0. The predicted molar refractivity (Wildman–Crippen MR) is 9.23 cm³/mol. The molecule has 4 heavy (non-hydrogen) atoms. The Hall–Kier alpha value is 1.06. The van der Waals surface area contributed by atoms with Crippen molar-refractivity contribution >= 4 is 10.1 Å². The van der Waals surface area contributed by atoms with Gasteiger partial charge in [0.2, 0.25) is 10.1 Å². The van der Waals surface area contributed by atoms with Crippen LogP contribution in [0.25, 0.3) is 0 Å². The maximum atomic E-state index is 8.28. The molecule has 0 bridgehead atoms. The van der Waals surface area contributed by atoms with E-state index in [2.05, 4.69) is 0 Å². The van der Waals surface area contributed by atoms with Crippen molar-refractivity contribution < 1.29 is 38.6 Å². The first-order chi connectivity index (χ1) is 1.00. The maximum absolute atomic E-state index is 8.28. The minimum atomic E-state index is 0. The van der Waals surface area contributed by atoms with Crippen molar-refractivity contribution in [2.75, 3.05) is 0 Å². The van der Waals surface area contributed by atoms with Crippen LogP contribution in [0.5, 0.6) is 0 Å². The molecular weight excluding hydrogens is 163 g/mol. The molecule has 0 atom stereocenters. The predicted octanol–water partition coefficient (Wildman–Crippen LogP) is -1.04. The summed E-state index contributed by atoms with van der Waals surface area (Å²) in [5.41, 5.74) is 0. The van der Waals surface area contributed by atoms with Gasteiger partial charge < -0.3 is 4.46 Å². The summed E-state index contributed by atoms with van der Waals surface area (Å²) in [6, 6.07) is 0. The molecule has 1 radical (unpaired) electrons. The molecule has 1 nitrogen and oxygen atoms in total. The van der Waals surface area contributed by atoms with Crippen LogP contribution < -0.4 is 0 Å². The smallest absolute Gasteiger partial charge is 0.245 e. The Bertz CT molecular complexity index is 8.00. The zero-order valence-corrected chi connectivity index (χ0v) is 5.23. The third-order valence-corrected chi connectivity index (χ3v) is 0. The van der Waals surface area contributed by atoms with Crippen molar-refractivity contribution in [1.82, 2.24) is 0 Å². The third-order valence-electron chi connectivity index (χ3n) is 0. The molecule has 4 heteroatoms. The van der Waals surface area contributed by atoms with Crippen molar-refractivity contribution in [2.45, 2.75) is 0 Å². The molecule has 0 amide bonds. The molecule has 0 saturated heterocycles. The Balaban J connectivity index is -0.00000000500. The van der Waals surface area contributed by atoms with E-state index in [1.807, 2.05) is 0 Å². The third kappa shape index (κ3) is 11.6. The molecule has 0 aliphatic heterocycles. The largest absolute Gasteiger partial charge is 0.396 e. The van der Waals surface area contributed by atoms with Gasteiger partial charge in [0.25, 0.3) is 0 Å². The Morgan fingerprint density at radius 3 is 1.25 bits per heavy atom. The van der Waals surface area contributed by atoms with Gasteiger partial charge in [-0.25, -0.2) is 0 Å². The van der Waals surface area contributed by atoms with Crippen molar-refractivity contribution in [3.63, 3.8) is 0 Å². The van der Waals surface area contributed by atoms with Crippen LogP contribution in [-0.2, 0) is 38.6 Å². The van der Waals surface area contributed by atoms with Gasteiger partial charge in [0.15, 0.2) is 0 Å². The zero-order chi connectivity index (χ0) is 2.00. The van der Waals surface area contributed by atoms with E-state index in [0.29, 0.717) is 10.1 Å². The van der Waals surface area contributed by atoms with Gasteiger partial charge in [-0.05, 0) is 0 Å². The standard InChI is InChI=1S/Cu.Fe.H2OSi/c;;1-2/h;;2H2. The van der Waals surface area contributed by atoms with Crippen LogP contribution in [0.15, 0.2) is 0 Å². The fourth-order valence-electron chi connectivity index (χ4n) is 0. The molecule has 0 N–H and O–H groups in total. The van der Waals surface area contributed by atoms with Gasteiger partial charge in [0.05, 0.1) is 0 Å². The molecule has 0 spiro atoms. The molecule has 0 aliphatic rings. The van der Waals surface area contributed by atoms with E-state index in [1.54, 1.807) is 0 Å². The summed E-state index contributed by atoms with van der Waals surface area (Å²) in [5.74, 6) is 0. The summed E-state index contributed by atoms with van der Waals surface area (Å²) in [5, 5.41) is 0. The summed E-state index contributed by atoms with van der Waals surface area (Å²) in [7, 11) is 0.611. The maximum Gasteiger partial charge on any atom is 0.245 e. The van der Waals surface area contributed by atoms with Crippen molar-refractivity contribution in [3.8, 4) is 0 Å². The Labute approximate surface area is 49.0 Å². The van der Waals surface area contributed by atoms with Gasteiger partial charge in [0.1, 0.15) is 0 Å². The van der Waals surface area contributed by atoms with Crippen LogP contribution in [0.3, 0.4) is 0 Å². The van der Waals surface area contributed by atoms with Crippen LogP contribution in [0, 0.1) is 0 Å². The summed E-state index contributed by atoms with van der Waals surface area (Å²) in [4.78, 5) is 0. The van der Waals surface area contributed by atoms with E-state index in [-0.39, 0.29) is 34.1 Å². The molecule has 0 rings (SSSR count). The molecule has 0 aliphatic carbocycles. The minimum Gasteiger partial charge on any atom is -0.396 e. The van der Waals surface area contributed by atoms with E-state index in [1.165, 1.54) is 0 Å². The van der Waals surface area contributed by atoms with Crippen LogP contribution in [0.1, 0.15) is 0 Å². The monoisotopic (exact) mass is 165 g/mol. The second kappa shape index (κ2) is 34.0. The molecule has 0 aromatic rings. The SMILES string of the molecule is O=[SiH2].[Cu].[Fe]. The van der Waals surface area contributed by atoms with Gasteiger partial charge in [0, 0.05) is 34.1 Å². The van der Waals surface area contributed by atoms with Gasteiger partial charge in [-0.15, -0.1) is 0 Å². The second-order valence-electron chi connectivity index (χ2n) is 0. The molecule has 0 fully saturated rings. The van der Waals surface area contributed by atoms with Gasteiger partial charge in [-0.2, -0.15) is 0 Å². The van der Waals surface area contributed by atoms with Crippen LogP contribution >= 0.6 is 0 Å². The molecule has 0 unspecified atom stereocenters. The summed E-state index contributed by atoms with van der Waals surface area (Å²) < 4.78 is 8.28. The Kier molecular flexibility index (Phi) is 167. The fraction of sp³-hybridized carbons (Fsp3) is 0. The summed E-state index contributed by atoms with van der Waals surface area (Å²) in [6.45, 7) is 0. The quantitative estimate of drug-likeness (QED) is 0.419. The number of hydrogen-bond donors (Lipinski definition) is 0. The molecule has 31 valence electrons. The Morgan fingerprint density at radius 2 is 1.25 bits per heavy atom.